The van der Waals surface area contributed by atoms with Crippen molar-refractivity contribution in [3.8, 4) is 0 Å². The number of hydrogen-bond donors (Lipinski definition) is 0. The van der Waals surface area contributed by atoms with Crippen molar-refractivity contribution >= 4 is 16.8 Å². The van der Waals surface area contributed by atoms with Crippen LogP contribution in [0.1, 0.15) is 95.5 Å². The summed E-state index contributed by atoms with van der Waals surface area (Å²) < 4.78 is 5.72. The molecule has 0 saturated heterocycles. The van der Waals surface area contributed by atoms with Crippen LogP contribution in [0.25, 0.3) is 0 Å². The van der Waals surface area contributed by atoms with Crippen LogP contribution in [-0.4, -0.2) is 11.8 Å². The predicted molar refractivity (Wildman–Crippen MR) is 112 cm³/mol. The molecule has 0 radical (unpaired) electrons. The molecule has 0 saturated carbocycles. The molecule has 0 fully saturated rings. The lowest BCUT2D eigenvalue weighted by atomic mass is 10.0. The second-order valence-electron chi connectivity index (χ2n) is 7.24. The summed E-state index contributed by atoms with van der Waals surface area (Å²) in [6, 6.07) is 10.4. The van der Waals surface area contributed by atoms with Gasteiger partial charge in [0.15, 0.2) is 0 Å². The maximum atomic E-state index is 10.6. The van der Waals surface area contributed by atoms with E-state index in [1.807, 2.05) is 6.07 Å². The Hall–Kier alpha value is -0.860. The van der Waals surface area contributed by atoms with E-state index in [2.05, 4.69) is 24.3 Å². The molecule has 0 unspecified atom stereocenters. The molecule has 0 aliphatic heterocycles. The minimum absolute atomic E-state index is 0.190. The molecule has 1 aromatic carbocycles. The second-order valence-corrected chi connectivity index (χ2v) is 7.66. The monoisotopic (exact) mass is 380 g/mol. The lowest BCUT2D eigenvalue weighted by Crippen LogP contribution is -1.95. The van der Waals surface area contributed by atoms with Gasteiger partial charge in [-0.1, -0.05) is 101 Å². The van der Waals surface area contributed by atoms with Gasteiger partial charge in [-0.15, -0.1) is 0 Å². The Balaban J connectivity index is 1.70. The molecule has 0 heterocycles. The molecule has 0 N–H and O–H groups in total. The Morgan fingerprint density at radius 1 is 0.692 bits per heavy atom. The topological polar surface area (TPSA) is 26.3 Å². The second kappa shape index (κ2) is 17.5. The number of hydrogen-bond acceptors (Lipinski definition) is 2. The first-order valence-electron chi connectivity index (χ1n) is 10.6. The molecule has 0 amide bonds. The van der Waals surface area contributed by atoms with Gasteiger partial charge in [0.2, 0.25) is 5.24 Å². The fraction of sp³-hybridized carbons (Fsp3) is 0.696. The fourth-order valence-electron chi connectivity index (χ4n) is 3.18. The first-order valence-corrected chi connectivity index (χ1v) is 11.0. The standard InChI is InChI=1S/C23H37ClO2/c24-23(25)19-15-10-8-6-4-2-1-3-5-7-9-11-16-20-26-21-22-17-13-12-14-18-22/h12-14,17-18H,1-11,15-16,19-21H2. The molecule has 26 heavy (non-hydrogen) atoms. The van der Waals surface area contributed by atoms with Crippen LogP contribution >= 0.6 is 11.6 Å². The molecule has 0 aromatic heterocycles. The Bertz CT molecular complexity index is 433. The van der Waals surface area contributed by atoms with E-state index in [0.717, 1.165) is 26.1 Å². The lowest BCUT2D eigenvalue weighted by molar-refractivity contribution is -0.111. The maximum absolute atomic E-state index is 10.6. The van der Waals surface area contributed by atoms with E-state index >= 15 is 0 Å². The number of ether oxygens (including phenoxy) is 1. The van der Waals surface area contributed by atoms with Crippen LogP contribution in [0.5, 0.6) is 0 Å². The zero-order valence-electron chi connectivity index (χ0n) is 16.4. The molecule has 1 aromatic rings. The van der Waals surface area contributed by atoms with E-state index in [-0.39, 0.29) is 5.24 Å². The quantitative estimate of drug-likeness (QED) is 0.195. The summed E-state index contributed by atoms with van der Waals surface area (Å²) >= 11 is 5.32. The number of carbonyl (C=O) groups excluding carboxylic acids is 1. The SMILES string of the molecule is O=C(Cl)CCCCCCCCCCCCCCCOCc1ccccc1. The third-order valence-corrected chi connectivity index (χ3v) is 4.96. The average Bonchev–Trinajstić information content (AvgIpc) is 2.65. The normalized spacial score (nSPS) is 11.0. The summed E-state index contributed by atoms with van der Waals surface area (Å²) in [6.45, 7) is 1.62. The van der Waals surface area contributed by atoms with E-state index in [4.69, 9.17) is 16.3 Å². The number of rotatable bonds is 18. The van der Waals surface area contributed by atoms with E-state index in [1.54, 1.807) is 0 Å². The average molecular weight is 381 g/mol. The van der Waals surface area contributed by atoms with Gasteiger partial charge in [-0.25, -0.2) is 0 Å². The van der Waals surface area contributed by atoms with Crippen molar-refractivity contribution in [2.24, 2.45) is 0 Å². The first-order chi connectivity index (χ1) is 12.8. The van der Waals surface area contributed by atoms with Gasteiger partial charge in [-0.2, -0.15) is 0 Å². The summed E-state index contributed by atoms with van der Waals surface area (Å²) in [4.78, 5) is 10.6. The summed E-state index contributed by atoms with van der Waals surface area (Å²) in [5.41, 5.74) is 1.26. The Kier molecular flexibility index (Phi) is 15.6. The minimum atomic E-state index is -0.190. The van der Waals surface area contributed by atoms with Crippen molar-refractivity contribution in [1.82, 2.24) is 0 Å². The Morgan fingerprint density at radius 2 is 1.15 bits per heavy atom. The molecule has 1 rings (SSSR count). The van der Waals surface area contributed by atoms with E-state index in [9.17, 15) is 4.79 Å². The smallest absolute Gasteiger partial charge is 0.221 e. The van der Waals surface area contributed by atoms with Crippen LogP contribution in [0.15, 0.2) is 30.3 Å². The minimum Gasteiger partial charge on any atom is -0.377 e. The first kappa shape index (κ1) is 23.2. The highest BCUT2D eigenvalue weighted by molar-refractivity contribution is 6.63. The molecule has 0 bridgehead atoms. The molecule has 3 heteroatoms. The van der Waals surface area contributed by atoms with Crippen LogP contribution in [-0.2, 0) is 16.1 Å². The van der Waals surface area contributed by atoms with Crippen LogP contribution in [0.4, 0.5) is 0 Å². The van der Waals surface area contributed by atoms with Crippen molar-refractivity contribution < 1.29 is 9.53 Å². The predicted octanol–water partition coefficient (Wildman–Crippen LogP) is 7.43. The van der Waals surface area contributed by atoms with Gasteiger partial charge in [-0.3, -0.25) is 4.79 Å². The van der Waals surface area contributed by atoms with Crippen LogP contribution < -0.4 is 0 Å². The third kappa shape index (κ3) is 15.4. The molecule has 0 aliphatic carbocycles. The van der Waals surface area contributed by atoms with Crippen LogP contribution in [0.2, 0.25) is 0 Å². The number of halogens is 1. The van der Waals surface area contributed by atoms with E-state index < -0.39 is 0 Å². The van der Waals surface area contributed by atoms with Gasteiger partial charge in [0, 0.05) is 13.0 Å². The van der Waals surface area contributed by atoms with Crippen molar-refractivity contribution in [2.75, 3.05) is 6.61 Å². The Labute approximate surface area is 165 Å². The van der Waals surface area contributed by atoms with Crippen LogP contribution in [0.3, 0.4) is 0 Å². The molecule has 2 nitrogen and oxygen atoms in total. The summed E-state index contributed by atoms with van der Waals surface area (Å²) in [7, 11) is 0. The highest BCUT2D eigenvalue weighted by Crippen LogP contribution is 2.13. The summed E-state index contributed by atoms with van der Waals surface area (Å²) in [6.07, 6.45) is 17.2. The van der Waals surface area contributed by atoms with Gasteiger partial charge in [0.25, 0.3) is 0 Å². The molecule has 148 valence electrons. The number of unbranched alkanes of at least 4 members (excludes halogenated alkanes) is 12. The highest BCUT2D eigenvalue weighted by atomic mass is 35.5. The van der Waals surface area contributed by atoms with Crippen molar-refractivity contribution in [1.29, 1.82) is 0 Å². The van der Waals surface area contributed by atoms with Crippen molar-refractivity contribution in [3.05, 3.63) is 35.9 Å². The van der Waals surface area contributed by atoms with E-state index in [1.165, 1.54) is 76.2 Å². The van der Waals surface area contributed by atoms with E-state index in [0.29, 0.717) is 6.42 Å². The summed E-state index contributed by atoms with van der Waals surface area (Å²) in [5, 5.41) is -0.190. The van der Waals surface area contributed by atoms with Crippen molar-refractivity contribution in [2.45, 2.75) is 96.5 Å². The highest BCUT2D eigenvalue weighted by Gasteiger charge is 1.97. The number of benzene rings is 1. The van der Waals surface area contributed by atoms with Gasteiger partial charge in [0.1, 0.15) is 0 Å². The molecule has 0 spiro atoms. The van der Waals surface area contributed by atoms with Gasteiger partial charge in [0.05, 0.1) is 6.61 Å². The lowest BCUT2D eigenvalue weighted by Gasteiger charge is -2.05. The fourth-order valence-corrected chi connectivity index (χ4v) is 3.31. The zero-order valence-corrected chi connectivity index (χ0v) is 17.2. The van der Waals surface area contributed by atoms with Crippen LogP contribution in [0, 0.1) is 0 Å². The Morgan fingerprint density at radius 3 is 1.65 bits per heavy atom. The zero-order chi connectivity index (χ0) is 18.7. The van der Waals surface area contributed by atoms with Gasteiger partial charge in [-0.05, 0) is 30.0 Å². The maximum Gasteiger partial charge on any atom is 0.221 e. The molecule has 0 aliphatic rings. The largest absolute Gasteiger partial charge is 0.377 e. The van der Waals surface area contributed by atoms with Crippen molar-refractivity contribution in [3.63, 3.8) is 0 Å². The number of carbonyl (C=O) groups is 1. The molecule has 0 atom stereocenters. The van der Waals surface area contributed by atoms with Gasteiger partial charge >= 0.3 is 0 Å². The van der Waals surface area contributed by atoms with Gasteiger partial charge < -0.3 is 4.74 Å². The third-order valence-electron chi connectivity index (χ3n) is 4.77. The summed E-state index contributed by atoms with van der Waals surface area (Å²) in [5.74, 6) is 0. The molecular weight excluding hydrogens is 344 g/mol. The molecular formula is C23H37ClO2.